The van der Waals surface area contributed by atoms with Gasteiger partial charge in [0.2, 0.25) is 5.95 Å². The van der Waals surface area contributed by atoms with Crippen LogP contribution < -0.4 is 16.0 Å². The normalized spacial score (nSPS) is 15.4. The number of allylic oxidation sites excluding steroid dienone is 4. The summed E-state index contributed by atoms with van der Waals surface area (Å²) in [5.74, 6) is 0.545. The summed E-state index contributed by atoms with van der Waals surface area (Å²) >= 11 is 0. The number of nitrogens with two attached hydrogens (primary N) is 1. The van der Waals surface area contributed by atoms with Crippen molar-refractivity contribution >= 4 is 11.6 Å². The molecule has 1 fully saturated rings. The number of aromatic nitrogens is 2. The second kappa shape index (κ2) is 12.7. The highest BCUT2D eigenvalue weighted by atomic mass is 16.5. The van der Waals surface area contributed by atoms with Crippen LogP contribution in [-0.2, 0) is 4.74 Å². The highest BCUT2D eigenvalue weighted by Crippen LogP contribution is 2.16. The third-order valence-corrected chi connectivity index (χ3v) is 3.61. The van der Waals surface area contributed by atoms with Crippen molar-refractivity contribution in [3.8, 4) is 0 Å². The number of anilines is 2. The Kier molecular flexibility index (Phi) is 10.5. The third-order valence-electron chi connectivity index (χ3n) is 3.61. The first kappa shape index (κ1) is 21.4. The topological polar surface area (TPSA) is 76.3 Å². The highest BCUT2D eigenvalue weighted by Gasteiger charge is 2.11. The minimum Gasteiger partial charge on any atom is -0.399 e. The lowest BCUT2D eigenvalue weighted by Gasteiger charge is -2.21. The molecule has 0 aliphatic carbocycles. The molecule has 0 spiro atoms. The maximum absolute atomic E-state index is 5.74. The molecule has 0 unspecified atom stereocenters. The van der Waals surface area contributed by atoms with Gasteiger partial charge in [0.05, 0.1) is 24.7 Å². The predicted molar refractivity (Wildman–Crippen MR) is 110 cm³/mol. The molecule has 26 heavy (non-hydrogen) atoms. The predicted octanol–water partition coefficient (Wildman–Crippen LogP) is 3.63. The van der Waals surface area contributed by atoms with Gasteiger partial charge in [0, 0.05) is 37.5 Å². The lowest BCUT2D eigenvalue weighted by molar-refractivity contribution is 0.152. The van der Waals surface area contributed by atoms with E-state index in [1.165, 1.54) is 0 Å². The summed E-state index contributed by atoms with van der Waals surface area (Å²) in [5, 5.41) is 3.19. The zero-order valence-electron chi connectivity index (χ0n) is 15.9. The number of nitrogens with one attached hydrogen (secondary N) is 1. The zero-order valence-corrected chi connectivity index (χ0v) is 15.9. The molecule has 0 aromatic carbocycles. The molecular weight excluding hydrogens is 326 g/mol. The van der Waals surface area contributed by atoms with Gasteiger partial charge >= 0.3 is 0 Å². The van der Waals surface area contributed by atoms with E-state index in [-0.39, 0.29) is 0 Å². The molecule has 1 aromatic rings. The second-order valence-electron chi connectivity index (χ2n) is 5.38. The zero-order chi connectivity index (χ0) is 19.2. The van der Waals surface area contributed by atoms with Crippen LogP contribution in [0, 0.1) is 0 Å². The molecule has 1 aliphatic heterocycles. The van der Waals surface area contributed by atoms with Crippen molar-refractivity contribution in [3.05, 3.63) is 61.2 Å². The smallest absolute Gasteiger partial charge is 0.227 e. The summed E-state index contributed by atoms with van der Waals surface area (Å²) in [5.41, 5.74) is 8.29. The Balaban J connectivity index is 0.00000163. The van der Waals surface area contributed by atoms with Gasteiger partial charge in [-0.1, -0.05) is 39.2 Å². The quantitative estimate of drug-likeness (QED) is 0.726. The van der Waals surface area contributed by atoms with Gasteiger partial charge in [0.1, 0.15) is 0 Å². The molecule has 6 heteroatoms. The molecule has 0 saturated carbocycles. The van der Waals surface area contributed by atoms with Crippen molar-refractivity contribution < 1.29 is 4.74 Å². The Labute approximate surface area is 157 Å². The molecule has 0 atom stereocenters. The van der Waals surface area contributed by atoms with Gasteiger partial charge in [0.15, 0.2) is 0 Å². The molecule has 0 amide bonds. The van der Waals surface area contributed by atoms with Gasteiger partial charge in [-0.15, -0.1) is 0 Å². The summed E-state index contributed by atoms with van der Waals surface area (Å²) in [4.78, 5) is 11.0. The van der Waals surface area contributed by atoms with E-state index in [9.17, 15) is 0 Å². The van der Waals surface area contributed by atoms with E-state index in [2.05, 4.69) is 33.3 Å². The highest BCUT2D eigenvalue weighted by molar-refractivity contribution is 5.46. The van der Waals surface area contributed by atoms with Crippen molar-refractivity contribution in [2.45, 2.75) is 26.7 Å². The Morgan fingerprint density at radius 1 is 1.27 bits per heavy atom. The second-order valence-corrected chi connectivity index (χ2v) is 5.38. The van der Waals surface area contributed by atoms with Gasteiger partial charge in [-0.2, -0.15) is 0 Å². The van der Waals surface area contributed by atoms with Crippen LogP contribution >= 0.6 is 0 Å². The van der Waals surface area contributed by atoms with Gasteiger partial charge in [-0.3, -0.25) is 0 Å². The first-order valence-corrected chi connectivity index (χ1v) is 9.04. The summed E-state index contributed by atoms with van der Waals surface area (Å²) in [6.45, 7) is 14.7. The monoisotopic (exact) mass is 357 g/mol. The minimum atomic E-state index is 0.545. The van der Waals surface area contributed by atoms with Gasteiger partial charge in [-0.25, -0.2) is 9.97 Å². The average molecular weight is 358 g/mol. The first-order chi connectivity index (χ1) is 12.7. The first-order valence-electron chi connectivity index (χ1n) is 9.04. The summed E-state index contributed by atoms with van der Waals surface area (Å²) in [6.07, 6.45) is 12.4. The molecule has 1 saturated heterocycles. The molecule has 142 valence electrons. The molecule has 3 N–H and O–H groups in total. The summed E-state index contributed by atoms with van der Waals surface area (Å²) in [7, 11) is 0. The van der Waals surface area contributed by atoms with Gasteiger partial charge in [0.25, 0.3) is 0 Å². The molecule has 6 nitrogen and oxygen atoms in total. The fourth-order valence-corrected chi connectivity index (χ4v) is 2.31. The Hall–Kier alpha value is -2.60. The van der Waals surface area contributed by atoms with Crippen LogP contribution in [0.3, 0.4) is 0 Å². The van der Waals surface area contributed by atoms with Crippen LogP contribution in [-0.4, -0.2) is 36.3 Å². The fraction of sp³-hybridized carbons (Fsp3) is 0.400. The van der Waals surface area contributed by atoms with Crippen LogP contribution in [0.25, 0.3) is 0 Å². The molecule has 0 bridgehead atoms. The minimum absolute atomic E-state index is 0.545. The number of ether oxygens (including phenoxy) is 1. The maximum Gasteiger partial charge on any atom is 0.227 e. The lowest BCUT2D eigenvalue weighted by atomic mass is 10.2. The fourth-order valence-electron chi connectivity index (χ4n) is 2.31. The number of hydrogen-bond acceptors (Lipinski definition) is 6. The van der Waals surface area contributed by atoms with Crippen LogP contribution in [0.4, 0.5) is 11.6 Å². The summed E-state index contributed by atoms with van der Waals surface area (Å²) < 4.78 is 5.47. The van der Waals surface area contributed by atoms with E-state index in [1.807, 2.05) is 38.4 Å². The van der Waals surface area contributed by atoms with E-state index in [0.29, 0.717) is 18.1 Å². The molecule has 1 aliphatic rings. The molecular formula is C20H31N5O. The summed E-state index contributed by atoms with van der Waals surface area (Å²) in [6, 6.07) is 0. The van der Waals surface area contributed by atoms with Crippen molar-refractivity contribution in [2.75, 3.05) is 36.5 Å². The average Bonchev–Trinajstić information content (AvgIpc) is 2.97. The molecule has 2 heterocycles. The van der Waals surface area contributed by atoms with Gasteiger partial charge < -0.3 is 20.7 Å². The SMILES string of the molecule is C=C/C=C(\C/C=C(/N)C=C)Nc1ncc(N2CCCOCC2)cn1.CC. The maximum atomic E-state index is 5.74. The van der Waals surface area contributed by atoms with Crippen molar-refractivity contribution in [3.63, 3.8) is 0 Å². The standard InChI is InChI=1S/C18H25N5O.C2H6/c1-3-6-16(8-7-15(19)4-2)22-18-20-13-17(14-21-18)23-9-5-11-24-12-10-23;1-2/h3-4,6-7,13-14H,1-2,5,8-12,19H2,(H,20,21,22);1-2H3/b15-7+,16-6+;. The largest absolute Gasteiger partial charge is 0.399 e. The van der Waals surface area contributed by atoms with Crippen LogP contribution in [0.2, 0.25) is 0 Å². The van der Waals surface area contributed by atoms with E-state index in [1.54, 1.807) is 12.2 Å². The lowest BCUT2D eigenvalue weighted by Crippen LogP contribution is -2.26. The Bertz CT molecular complexity index is 599. The van der Waals surface area contributed by atoms with Gasteiger partial charge in [-0.05, 0) is 18.6 Å². The number of rotatable bonds is 7. The van der Waals surface area contributed by atoms with Crippen molar-refractivity contribution in [1.29, 1.82) is 0 Å². The molecule has 1 aromatic heterocycles. The number of nitrogens with zero attached hydrogens (tertiary/aromatic N) is 3. The number of hydrogen-bond donors (Lipinski definition) is 2. The van der Waals surface area contributed by atoms with E-state index in [4.69, 9.17) is 10.5 Å². The van der Waals surface area contributed by atoms with E-state index in [0.717, 1.165) is 44.1 Å². The van der Waals surface area contributed by atoms with Crippen molar-refractivity contribution in [2.24, 2.45) is 5.73 Å². The Morgan fingerprint density at radius 3 is 2.65 bits per heavy atom. The van der Waals surface area contributed by atoms with E-state index >= 15 is 0 Å². The molecule has 0 radical (unpaired) electrons. The van der Waals surface area contributed by atoms with Crippen LogP contribution in [0.1, 0.15) is 26.7 Å². The van der Waals surface area contributed by atoms with E-state index < -0.39 is 0 Å². The molecule has 2 rings (SSSR count). The van der Waals surface area contributed by atoms with Crippen molar-refractivity contribution in [1.82, 2.24) is 9.97 Å². The van der Waals surface area contributed by atoms with Crippen LogP contribution in [0.5, 0.6) is 0 Å². The third kappa shape index (κ3) is 7.53. The van der Waals surface area contributed by atoms with Crippen LogP contribution in [0.15, 0.2) is 61.2 Å². The Morgan fingerprint density at radius 2 is 2.00 bits per heavy atom.